The Kier molecular flexibility index (Phi) is 9.52. The Balaban J connectivity index is 0.00000361. The standard InChI is InChI=1S/C25H26ClN5O2S2.ClH/c1-4-15-13-28-23(27-10-9-19-14-34-24(30-19)35-25(2,3)22(32)33)31-21(15)12-18-7-5-16-11-17(26)6-8-20(16)29-18;/h5-8,11,13-14H,4,9-10,12H2,1-3H3,(H,32,33)(H,27,28,31);1H. The maximum absolute atomic E-state index is 11.3. The van der Waals surface area contributed by atoms with Crippen molar-refractivity contribution < 1.29 is 9.90 Å². The van der Waals surface area contributed by atoms with Crippen LogP contribution in [0.5, 0.6) is 0 Å². The van der Waals surface area contributed by atoms with Crippen molar-refractivity contribution in [3.05, 3.63) is 69.6 Å². The monoisotopic (exact) mass is 563 g/mol. The average molecular weight is 565 g/mol. The summed E-state index contributed by atoms with van der Waals surface area (Å²) in [6, 6.07) is 9.74. The van der Waals surface area contributed by atoms with E-state index in [0.717, 1.165) is 44.3 Å². The van der Waals surface area contributed by atoms with E-state index in [9.17, 15) is 9.90 Å². The molecule has 0 atom stereocenters. The number of aliphatic carboxylic acids is 1. The van der Waals surface area contributed by atoms with E-state index < -0.39 is 10.7 Å². The van der Waals surface area contributed by atoms with Gasteiger partial charge in [0.15, 0.2) is 4.34 Å². The molecule has 0 fully saturated rings. The maximum Gasteiger partial charge on any atom is 0.319 e. The van der Waals surface area contributed by atoms with Crippen LogP contribution >= 0.6 is 47.1 Å². The molecule has 0 saturated carbocycles. The third-order valence-electron chi connectivity index (χ3n) is 5.45. The van der Waals surface area contributed by atoms with Gasteiger partial charge in [-0.25, -0.2) is 15.0 Å². The summed E-state index contributed by atoms with van der Waals surface area (Å²) in [5.74, 6) is -0.283. The normalized spacial score (nSPS) is 11.3. The lowest BCUT2D eigenvalue weighted by atomic mass is 10.1. The van der Waals surface area contributed by atoms with Gasteiger partial charge < -0.3 is 10.4 Å². The summed E-state index contributed by atoms with van der Waals surface area (Å²) < 4.78 is -0.158. The van der Waals surface area contributed by atoms with Gasteiger partial charge in [0.25, 0.3) is 0 Å². The number of pyridine rings is 1. The number of hydrogen-bond donors (Lipinski definition) is 2. The van der Waals surface area contributed by atoms with Crippen LogP contribution < -0.4 is 5.32 Å². The van der Waals surface area contributed by atoms with Crippen LogP contribution in [0.1, 0.15) is 43.4 Å². The fourth-order valence-corrected chi connectivity index (χ4v) is 5.81. The largest absolute Gasteiger partial charge is 0.480 e. The molecule has 0 radical (unpaired) electrons. The van der Waals surface area contributed by atoms with Gasteiger partial charge in [0, 0.05) is 47.1 Å². The van der Waals surface area contributed by atoms with Crippen LogP contribution in [-0.4, -0.2) is 42.3 Å². The molecule has 0 aliphatic rings. The molecule has 7 nitrogen and oxygen atoms in total. The molecule has 4 rings (SSSR count). The number of rotatable bonds is 10. The molecule has 3 aromatic heterocycles. The van der Waals surface area contributed by atoms with Gasteiger partial charge >= 0.3 is 5.97 Å². The number of nitrogens with zero attached hydrogens (tertiary/aromatic N) is 4. The highest BCUT2D eigenvalue weighted by Crippen LogP contribution is 2.34. The predicted molar refractivity (Wildman–Crippen MR) is 150 cm³/mol. The Morgan fingerprint density at radius 3 is 2.72 bits per heavy atom. The first kappa shape index (κ1) is 28.1. The molecule has 0 aliphatic heterocycles. The fourth-order valence-electron chi connectivity index (χ4n) is 3.40. The number of benzene rings is 1. The number of anilines is 1. The van der Waals surface area contributed by atoms with Crippen molar-refractivity contribution in [1.82, 2.24) is 19.9 Å². The van der Waals surface area contributed by atoms with Gasteiger partial charge in [-0.05, 0) is 50.1 Å². The number of carboxylic acid groups (broad SMARTS) is 1. The Bertz CT molecular complexity index is 1360. The summed E-state index contributed by atoms with van der Waals surface area (Å²) >= 11 is 8.81. The molecule has 1 aromatic carbocycles. The van der Waals surface area contributed by atoms with Crippen LogP contribution in [-0.2, 0) is 24.1 Å². The first-order valence-electron chi connectivity index (χ1n) is 11.2. The number of nitrogens with one attached hydrogen (secondary N) is 1. The van der Waals surface area contributed by atoms with Crippen LogP contribution in [0.15, 0.2) is 46.2 Å². The molecule has 0 amide bonds. The molecular weight excluding hydrogens is 537 g/mol. The van der Waals surface area contributed by atoms with Crippen molar-refractivity contribution >= 4 is 69.9 Å². The van der Waals surface area contributed by atoms with Gasteiger partial charge in [0.05, 0.1) is 16.9 Å². The fraction of sp³-hybridized carbons (Fsp3) is 0.320. The van der Waals surface area contributed by atoms with E-state index in [4.69, 9.17) is 21.6 Å². The minimum absolute atomic E-state index is 0. The number of carboxylic acids is 1. The zero-order chi connectivity index (χ0) is 25.0. The topological polar surface area (TPSA) is 101 Å². The van der Waals surface area contributed by atoms with Crippen molar-refractivity contribution in [2.45, 2.75) is 49.1 Å². The second kappa shape index (κ2) is 12.2. The Morgan fingerprint density at radius 1 is 1.17 bits per heavy atom. The average Bonchev–Trinajstić information content (AvgIpc) is 3.25. The lowest BCUT2D eigenvalue weighted by Gasteiger charge is -2.15. The SMILES string of the molecule is CCc1cnc(NCCc2csc(SC(C)(C)C(=O)O)n2)nc1Cc1ccc2cc(Cl)ccc2n1.Cl. The van der Waals surface area contributed by atoms with Crippen LogP contribution in [0.25, 0.3) is 10.9 Å². The van der Waals surface area contributed by atoms with Gasteiger partial charge in [0.1, 0.15) is 4.75 Å². The predicted octanol–water partition coefficient (Wildman–Crippen LogP) is 6.32. The van der Waals surface area contributed by atoms with Gasteiger partial charge in [-0.3, -0.25) is 9.78 Å². The van der Waals surface area contributed by atoms with E-state index in [1.807, 2.05) is 41.9 Å². The number of thiazole rings is 1. The second-order valence-electron chi connectivity index (χ2n) is 8.53. The molecule has 2 N–H and O–H groups in total. The van der Waals surface area contributed by atoms with Crippen LogP contribution in [0.4, 0.5) is 5.95 Å². The van der Waals surface area contributed by atoms with Gasteiger partial charge in [-0.15, -0.1) is 23.7 Å². The van der Waals surface area contributed by atoms with Crippen LogP contribution in [0.2, 0.25) is 5.02 Å². The highest BCUT2D eigenvalue weighted by atomic mass is 35.5. The first-order valence-corrected chi connectivity index (χ1v) is 13.3. The number of hydrogen-bond acceptors (Lipinski definition) is 8. The summed E-state index contributed by atoms with van der Waals surface area (Å²) in [4.78, 5) is 29.9. The number of aryl methyl sites for hydroxylation is 1. The molecule has 36 heavy (non-hydrogen) atoms. The van der Waals surface area contributed by atoms with Crippen molar-refractivity contribution in [3.63, 3.8) is 0 Å². The van der Waals surface area contributed by atoms with E-state index in [1.54, 1.807) is 13.8 Å². The van der Waals surface area contributed by atoms with E-state index in [-0.39, 0.29) is 12.4 Å². The molecule has 0 unspecified atom stereocenters. The lowest BCUT2D eigenvalue weighted by molar-refractivity contribution is -0.138. The zero-order valence-electron chi connectivity index (χ0n) is 20.1. The van der Waals surface area contributed by atoms with Gasteiger partial charge in [-0.2, -0.15) is 0 Å². The number of halogens is 2. The summed E-state index contributed by atoms with van der Waals surface area (Å²) in [6.45, 7) is 6.08. The minimum Gasteiger partial charge on any atom is -0.480 e. The summed E-state index contributed by atoms with van der Waals surface area (Å²) in [7, 11) is 0. The van der Waals surface area contributed by atoms with Gasteiger partial charge in [0.2, 0.25) is 5.95 Å². The number of thioether (sulfide) groups is 1. The van der Waals surface area contributed by atoms with E-state index in [1.165, 1.54) is 23.1 Å². The Labute approximate surface area is 229 Å². The quantitative estimate of drug-likeness (QED) is 0.216. The first-order chi connectivity index (χ1) is 16.7. The second-order valence-corrected chi connectivity index (χ2v) is 11.7. The van der Waals surface area contributed by atoms with Crippen molar-refractivity contribution in [2.24, 2.45) is 0 Å². The molecule has 0 bridgehead atoms. The lowest BCUT2D eigenvalue weighted by Crippen LogP contribution is -2.26. The van der Waals surface area contributed by atoms with E-state index >= 15 is 0 Å². The van der Waals surface area contributed by atoms with E-state index in [2.05, 4.69) is 22.2 Å². The highest BCUT2D eigenvalue weighted by Gasteiger charge is 2.29. The molecule has 190 valence electrons. The summed E-state index contributed by atoms with van der Waals surface area (Å²) in [6.07, 6.45) is 4.01. The third kappa shape index (κ3) is 7.06. The summed E-state index contributed by atoms with van der Waals surface area (Å²) in [5, 5.41) is 16.3. The third-order valence-corrected chi connectivity index (χ3v) is 7.85. The van der Waals surface area contributed by atoms with Crippen molar-refractivity contribution in [3.8, 4) is 0 Å². The zero-order valence-corrected chi connectivity index (χ0v) is 23.3. The van der Waals surface area contributed by atoms with Gasteiger partial charge in [-0.1, -0.05) is 36.4 Å². The van der Waals surface area contributed by atoms with E-state index in [0.29, 0.717) is 30.4 Å². The molecule has 0 spiro atoms. The maximum atomic E-state index is 11.3. The van der Waals surface area contributed by atoms with Crippen molar-refractivity contribution in [2.75, 3.05) is 11.9 Å². The smallest absolute Gasteiger partial charge is 0.319 e. The number of carbonyl (C=O) groups is 1. The Morgan fingerprint density at radius 2 is 1.97 bits per heavy atom. The molecular formula is C25H27Cl2N5O2S2. The summed E-state index contributed by atoms with van der Waals surface area (Å²) in [5.41, 5.74) is 4.81. The highest BCUT2D eigenvalue weighted by molar-refractivity contribution is 8.03. The molecule has 0 saturated heterocycles. The molecule has 11 heteroatoms. The number of fused-ring (bicyclic) bond motifs is 1. The number of aromatic nitrogens is 4. The Hall–Kier alpha value is -2.46. The van der Waals surface area contributed by atoms with Crippen LogP contribution in [0, 0.1) is 0 Å². The molecule has 0 aliphatic carbocycles. The van der Waals surface area contributed by atoms with Crippen molar-refractivity contribution in [1.29, 1.82) is 0 Å². The minimum atomic E-state index is -0.911. The molecule has 3 heterocycles. The molecule has 4 aromatic rings. The van der Waals surface area contributed by atoms with Crippen LogP contribution in [0.3, 0.4) is 0 Å².